The highest BCUT2D eigenvalue weighted by Gasteiger charge is 2.17. The number of esters is 2. The Bertz CT molecular complexity index is 940. The zero-order valence-electron chi connectivity index (χ0n) is 32.9. The first-order chi connectivity index (χ1) is 24.5. The molecule has 288 valence electrons. The van der Waals surface area contributed by atoms with Crippen LogP contribution in [0.15, 0.2) is 29.8 Å². The number of hydrogen-bond acceptors (Lipinski definition) is 6. The highest BCUT2D eigenvalue weighted by atomic mass is 16.5. The molecule has 1 aliphatic heterocycles. The molecule has 0 aromatic rings. The molecule has 3 unspecified atom stereocenters. The van der Waals surface area contributed by atoms with E-state index in [2.05, 4.69) is 49.4 Å². The Hall–Kier alpha value is -2.06. The molecular formula is C44H77NO5. The minimum Gasteiger partial charge on any atom is -0.466 e. The fourth-order valence-corrected chi connectivity index (χ4v) is 6.90. The van der Waals surface area contributed by atoms with Gasteiger partial charge < -0.3 is 14.2 Å². The SMILES string of the molecule is C=C=C=C=CC(CCCCC)CC(=O)OCCCCCCCCC(CCCCCCCCOC(=O)CC(C)CCCCC)CN1CCOCC1. The van der Waals surface area contributed by atoms with Gasteiger partial charge in [0.2, 0.25) is 0 Å². The third-order valence-corrected chi connectivity index (χ3v) is 10.1. The van der Waals surface area contributed by atoms with Gasteiger partial charge in [-0.3, -0.25) is 14.5 Å². The van der Waals surface area contributed by atoms with Crippen LogP contribution in [0.1, 0.15) is 175 Å². The normalized spacial score (nSPS) is 14.9. The highest BCUT2D eigenvalue weighted by Crippen LogP contribution is 2.22. The van der Waals surface area contributed by atoms with Crippen LogP contribution in [0.3, 0.4) is 0 Å². The van der Waals surface area contributed by atoms with E-state index in [0.29, 0.717) is 32.0 Å². The molecule has 0 radical (unpaired) electrons. The second-order valence-electron chi connectivity index (χ2n) is 14.9. The third-order valence-electron chi connectivity index (χ3n) is 10.1. The molecule has 0 aromatic carbocycles. The molecule has 1 fully saturated rings. The van der Waals surface area contributed by atoms with E-state index in [-0.39, 0.29) is 17.9 Å². The van der Waals surface area contributed by atoms with Crippen molar-refractivity contribution in [2.45, 2.75) is 175 Å². The summed E-state index contributed by atoms with van der Waals surface area (Å²) in [5, 5.41) is 0. The van der Waals surface area contributed by atoms with E-state index in [1.54, 1.807) is 0 Å². The van der Waals surface area contributed by atoms with Crippen LogP contribution in [0.25, 0.3) is 0 Å². The van der Waals surface area contributed by atoms with Gasteiger partial charge in [-0.2, -0.15) is 0 Å². The van der Waals surface area contributed by atoms with Crippen LogP contribution >= 0.6 is 0 Å². The van der Waals surface area contributed by atoms with Crippen LogP contribution in [0.4, 0.5) is 0 Å². The lowest BCUT2D eigenvalue weighted by Crippen LogP contribution is -2.39. The summed E-state index contributed by atoms with van der Waals surface area (Å²) in [4.78, 5) is 27.1. The average Bonchev–Trinajstić information content (AvgIpc) is 3.10. The van der Waals surface area contributed by atoms with Crippen molar-refractivity contribution in [3.8, 4) is 0 Å². The maximum absolute atomic E-state index is 12.4. The molecule has 0 aromatic heterocycles. The van der Waals surface area contributed by atoms with Gasteiger partial charge in [0.25, 0.3) is 0 Å². The number of carbonyl (C=O) groups excluding carboxylic acids is 2. The molecule has 0 bridgehead atoms. The molecule has 1 aliphatic rings. The van der Waals surface area contributed by atoms with Crippen molar-refractivity contribution < 1.29 is 23.8 Å². The van der Waals surface area contributed by atoms with E-state index in [4.69, 9.17) is 14.2 Å². The van der Waals surface area contributed by atoms with Crippen molar-refractivity contribution in [2.24, 2.45) is 17.8 Å². The highest BCUT2D eigenvalue weighted by molar-refractivity contribution is 5.70. The summed E-state index contributed by atoms with van der Waals surface area (Å²) in [6.07, 6.45) is 29.2. The first-order valence-electron chi connectivity index (χ1n) is 21.0. The van der Waals surface area contributed by atoms with E-state index in [9.17, 15) is 9.59 Å². The number of unbranched alkanes of at least 4 members (excludes halogenated alkanes) is 14. The van der Waals surface area contributed by atoms with Gasteiger partial charge in [-0.15, -0.1) is 0 Å². The predicted molar refractivity (Wildman–Crippen MR) is 208 cm³/mol. The van der Waals surface area contributed by atoms with E-state index in [1.165, 1.54) is 103 Å². The van der Waals surface area contributed by atoms with Crippen molar-refractivity contribution in [3.05, 3.63) is 29.8 Å². The third kappa shape index (κ3) is 28.6. The zero-order valence-corrected chi connectivity index (χ0v) is 32.9. The van der Waals surface area contributed by atoms with E-state index < -0.39 is 0 Å². The number of ether oxygens (including phenoxy) is 3. The van der Waals surface area contributed by atoms with Gasteiger partial charge in [-0.05, 0) is 68.2 Å². The minimum atomic E-state index is -0.102. The molecular weight excluding hydrogens is 622 g/mol. The molecule has 3 atom stereocenters. The number of morpholine rings is 1. The van der Waals surface area contributed by atoms with Gasteiger partial charge in [0.15, 0.2) is 0 Å². The van der Waals surface area contributed by atoms with Crippen LogP contribution in [-0.2, 0) is 23.8 Å². The summed E-state index contributed by atoms with van der Waals surface area (Å²) in [7, 11) is 0. The monoisotopic (exact) mass is 700 g/mol. The van der Waals surface area contributed by atoms with Crippen molar-refractivity contribution >= 4 is 11.9 Å². The van der Waals surface area contributed by atoms with E-state index in [1.807, 2.05) is 6.08 Å². The molecule has 0 amide bonds. The lowest BCUT2D eigenvalue weighted by Gasteiger charge is -2.30. The maximum Gasteiger partial charge on any atom is 0.306 e. The predicted octanol–water partition coefficient (Wildman–Crippen LogP) is 11.3. The fraction of sp³-hybridized carbons (Fsp3) is 0.841. The molecule has 0 spiro atoms. The number of rotatable bonds is 33. The van der Waals surface area contributed by atoms with Crippen LogP contribution in [-0.4, -0.2) is 62.9 Å². The van der Waals surface area contributed by atoms with Crippen molar-refractivity contribution in [2.75, 3.05) is 46.1 Å². The second kappa shape index (κ2) is 34.0. The molecule has 50 heavy (non-hydrogen) atoms. The smallest absolute Gasteiger partial charge is 0.306 e. The quantitative estimate of drug-likeness (QED) is 0.0386. The van der Waals surface area contributed by atoms with Gasteiger partial charge >= 0.3 is 11.9 Å². The molecule has 1 heterocycles. The minimum absolute atomic E-state index is 0.0134. The van der Waals surface area contributed by atoms with E-state index in [0.717, 1.165) is 77.2 Å². The van der Waals surface area contributed by atoms with Gasteiger partial charge in [0.1, 0.15) is 0 Å². The van der Waals surface area contributed by atoms with Gasteiger partial charge in [0.05, 0.1) is 32.8 Å². The van der Waals surface area contributed by atoms with Gasteiger partial charge in [-0.1, -0.05) is 141 Å². The lowest BCUT2D eigenvalue weighted by atomic mass is 9.93. The first-order valence-corrected chi connectivity index (χ1v) is 21.0. The van der Waals surface area contributed by atoms with Crippen LogP contribution in [0, 0.1) is 17.8 Å². The molecule has 1 rings (SSSR count). The Kier molecular flexibility index (Phi) is 31.3. The lowest BCUT2D eigenvalue weighted by molar-refractivity contribution is -0.145. The number of carbonyl (C=O) groups is 2. The second-order valence-corrected chi connectivity index (χ2v) is 14.9. The van der Waals surface area contributed by atoms with E-state index >= 15 is 0 Å². The average molecular weight is 700 g/mol. The van der Waals surface area contributed by atoms with Crippen LogP contribution in [0.2, 0.25) is 0 Å². The molecule has 6 nitrogen and oxygen atoms in total. The molecule has 0 N–H and O–H groups in total. The van der Waals surface area contributed by atoms with Crippen LogP contribution < -0.4 is 0 Å². The summed E-state index contributed by atoms with van der Waals surface area (Å²) in [5.41, 5.74) is 8.28. The Morgan fingerprint density at radius 2 is 1.20 bits per heavy atom. The summed E-state index contributed by atoms with van der Waals surface area (Å²) >= 11 is 0. The summed E-state index contributed by atoms with van der Waals surface area (Å²) in [6.45, 7) is 16.3. The topological polar surface area (TPSA) is 65.1 Å². The van der Waals surface area contributed by atoms with Crippen molar-refractivity contribution in [1.82, 2.24) is 4.90 Å². The zero-order chi connectivity index (χ0) is 36.3. The first kappa shape index (κ1) is 46.0. The molecule has 0 aliphatic carbocycles. The number of nitrogens with zero attached hydrogens (tertiary/aromatic N) is 1. The Morgan fingerprint density at radius 3 is 1.76 bits per heavy atom. The standard InChI is InChI=1S/C44H77NO5/c1-5-8-19-26-40(4)37-43(46)49-33-24-17-13-11-15-22-29-42(39-45-31-35-48-36-32-45)30-23-16-12-14-18-25-34-50-44(47)38-41(27-20-9-6-2)28-21-10-7-3/h27,40-42H,2,5,7-8,10-19,21-26,28-39H2,1,3-4H3. The van der Waals surface area contributed by atoms with Gasteiger partial charge in [-0.25, -0.2) is 0 Å². The van der Waals surface area contributed by atoms with Crippen molar-refractivity contribution in [3.63, 3.8) is 0 Å². The fourth-order valence-electron chi connectivity index (χ4n) is 6.90. The number of hydrogen-bond donors (Lipinski definition) is 0. The summed E-state index contributed by atoms with van der Waals surface area (Å²) in [6, 6.07) is 0. The Labute approximate surface area is 308 Å². The Morgan fingerprint density at radius 1 is 0.700 bits per heavy atom. The van der Waals surface area contributed by atoms with Crippen molar-refractivity contribution in [1.29, 1.82) is 0 Å². The maximum atomic E-state index is 12.4. The number of allylic oxidation sites excluding steroid dienone is 1. The molecule has 0 saturated carbocycles. The Balaban J connectivity index is 2.17. The molecule has 1 saturated heterocycles. The van der Waals surface area contributed by atoms with Gasteiger partial charge in [0, 0.05) is 26.1 Å². The van der Waals surface area contributed by atoms with Crippen LogP contribution in [0.5, 0.6) is 0 Å². The summed E-state index contributed by atoms with van der Waals surface area (Å²) < 4.78 is 16.7. The summed E-state index contributed by atoms with van der Waals surface area (Å²) in [5.74, 6) is 1.25. The molecule has 6 heteroatoms. The largest absolute Gasteiger partial charge is 0.466 e.